The maximum absolute atomic E-state index is 9.25. The molecule has 0 atom stereocenters. The van der Waals surface area contributed by atoms with Crippen LogP contribution in [0.5, 0.6) is 0 Å². The molecule has 0 amide bonds. The average molecular weight is 397 g/mol. The summed E-state index contributed by atoms with van der Waals surface area (Å²) in [6.45, 7) is 0.342. The standard InChI is InChI=1S/C22H19N7O/c30-13-12-24-20-18-21(29(14-25-18)16-7-2-1-3-8-16)28-22(27-20)26-19-17-9-5-4-6-15(17)10-11-23-19/h1-11,14,30H,12-13H2,(H2,23,24,26,27,28). The van der Waals surface area contributed by atoms with E-state index in [9.17, 15) is 5.11 Å². The Morgan fingerprint density at radius 3 is 2.57 bits per heavy atom. The molecule has 5 rings (SSSR count). The molecule has 3 N–H and O–H groups in total. The van der Waals surface area contributed by atoms with E-state index in [2.05, 4.69) is 25.6 Å². The Bertz CT molecular complexity index is 1310. The number of aliphatic hydroxyl groups is 1. The van der Waals surface area contributed by atoms with Crippen LogP contribution in [0.25, 0.3) is 27.6 Å². The first-order valence-corrected chi connectivity index (χ1v) is 9.59. The topological polar surface area (TPSA) is 101 Å². The number of rotatable bonds is 6. The smallest absolute Gasteiger partial charge is 0.232 e. The van der Waals surface area contributed by atoms with Crippen molar-refractivity contribution in [3.8, 4) is 5.69 Å². The molecule has 2 aromatic carbocycles. The second-order valence-corrected chi connectivity index (χ2v) is 6.67. The number of hydrogen-bond donors (Lipinski definition) is 3. The van der Waals surface area contributed by atoms with Crippen molar-refractivity contribution >= 4 is 39.5 Å². The normalized spacial score (nSPS) is 11.1. The highest BCUT2D eigenvalue weighted by atomic mass is 16.3. The summed E-state index contributed by atoms with van der Waals surface area (Å²) in [4.78, 5) is 18.3. The van der Waals surface area contributed by atoms with Crippen LogP contribution in [0.2, 0.25) is 0 Å². The second kappa shape index (κ2) is 7.76. The first-order chi connectivity index (χ1) is 14.8. The van der Waals surface area contributed by atoms with E-state index in [-0.39, 0.29) is 6.61 Å². The second-order valence-electron chi connectivity index (χ2n) is 6.67. The quantitative estimate of drug-likeness (QED) is 0.403. The van der Waals surface area contributed by atoms with Crippen LogP contribution in [0, 0.1) is 0 Å². The monoisotopic (exact) mass is 397 g/mol. The van der Waals surface area contributed by atoms with Gasteiger partial charge in [-0.1, -0.05) is 42.5 Å². The minimum atomic E-state index is -0.0153. The molecule has 0 spiro atoms. The van der Waals surface area contributed by atoms with Crippen LogP contribution in [0.3, 0.4) is 0 Å². The van der Waals surface area contributed by atoms with E-state index >= 15 is 0 Å². The molecular formula is C22H19N7O. The van der Waals surface area contributed by atoms with Crippen LogP contribution in [0.4, 0.5) is 17.6 Å². The Kier molecular flexibility index (Phi) is 4.66. The van der Waals surface area contributed by atoms with Crippen LogP contribution in [0.15, 0.2) is 73.2 Å². The number of imidazole rings is 1. The predicted molar refractivity (Wildman–Crippen MR) is 117 cm³/mol. The van der Waals surface area contributed by atoms with Gasteiger partial charge in [-0.2, -0.15) is 9.97 Å². The Balaban J connectivity index is 1.64. The Hall–Kier alpha value is -4.04. The molecule has 5 aromatic rings. The van der Waals surface area contributed by atoms with E-state index in [1.807, 2.05) is 65.2 Å². The molecule has 0 radical (unpaired) electrons. The van der Waals surface area contributed by atoms with Crippen LogP contribution < -0.4 is 10.6 Å². The van der Waals surface area contributed by atoms with Gasteiger partial charge in [0.25, 0.3) is 0 Å². The SMILES string of the molecule is OCCNc1nc(Nc2nccc3ccccc23)nc2c1ncn2-c1ccccc1. The molecule has 0 bridgehead atoms. The highest BCUT2D eigenvalue weighted by molar-refractivity contribution is 5.93. The van der Waals surface area contributed by atoms with Crippen LogP contribution in [-0.4, -0.2) is 42.8 Å². The van der Waals surface area contributed by atoms with E-state index in [4.69, 9.17) is 4.98 Å². The van der Waals surface area contributed by atoms with Crippen molar-refractivity contribution in [2.75, 3.05) is 23.8 Å². The Labute approximate surface area is 172 Å². The molecule has 8 heteroatoms. The minimum Gasteiger partial charge on any atom is -0.395 e. The number of fused-ring (bicyclic) bond motifs is 2. The summed E-state index contributed by atoms with van der Waals surface area (Å²) in [6.07, 6.45) is 3.47. The molecule has 148 valence electrons. The van der Waals surface area contributed by atoms with Gasteiger partial charge < -0.3 is 15.7 Å². The molecule has 3 heterocycles. The largest absolute Gasteiger partial charge is 0.395 e. The van der Waals surface area contributed by atoms with Crippen molar-refractivity contribution in [2.45, 2.75) is 0 Å². The maximum atomic E-state index is 9.25. The van der Waals surface area contributed by atoms with Crippen molar-refractivity contribution in [3.63, 3.8) is 0 Å². The number of pyridine rings is 1. The fraction of sp³-hybridized carbons (Fsp3) is 0.0909. The van der Waals surface area contributed by atoms with E-state index in [0.717, 1.165) is 16.5 Å². The number of anilines is 3. The molecule has 0 saturated carbocycles. The maximum Gasteiger partial charge on any atom is 0.232 e. The zero-order chi connectivity index (χ0) is 20.3. The lowest BCUT2D eigenvalue weighted by Gasteiger charge is -2.11. The summed E-state index contributed by atoms with van der Waals surface area (Å²) in [6, 6.07) is 19.8. The van der Waals surface area contributed by atoms with E-state index < -0.39 is 0 Å². The Morgan fingerprint density at radius 2 is 1.70 bits per heavy atom. The van der Waals surface area contributed by atoms with Crippen molar-refractivity contribution in [2.24, 2.45) is 0 Å². The molecule has 0 fully saturated rings. The van der Waals surface area contributed by atoms with Gasteiger partial charge in [0.05, 0.1) is 6.61 Å². The summed E-state index contributed by atoms with van der Waals surface area (Å²) in [5.41, 5.74) is 2.23. The summed E-state index contributed by atoms with van der Waals surface area (Å²) < 4.78 is 1.91. The third-order valence-corrected chi connectivity index (χ3v) is 4.74. The number of aliphatic hydroxyl groups excluding tert-OH is 1. The molecule has 0 aliphatic rings. The van der Waals surface area contributed by atoms with Gasteiger partial charge in [0.15, 0.2) is 17.0 Å². The summed E-state index contributed by atoms with van der Waals surface area (Å²) in [7, 11) is 0. The lowest BCUT2D eigenvalue weighted by atomic mass is 10.1. The predicted octanol–water partition coefficient (Wildman–Crippen LogP) is 3.51. The number of benzene rings is 2. The van der Waals surface area contributed by atoms with Crippen molar-refractivity contribution in [1.29, 1.82) is 0 Å². The molecule has 3 aromatic heterocycles. The molecule has 0 aliphatic carbocycles. The molecule has 0 aliphatic heterocycles. The molecule has 0 unspecified atom stereocenters. The number of aromatic nitrogens is 5. The van der Waals surface area contributed by atoms with E-state index in [1.165, 1.54) is 0 Å². The third kappa shape index (κ3) is 3.29. The molecular weight excluding hydrogens is 378 g/mol. The van der Waals surface area contributed by atoms with Gasteiger partial charge in [0, 0.05) is 23.8 Å². The highest BCUT2D eigenvalue weighted by Gasteiger charge is 2.15. The van der Waals surface area contributed by atoms with Crippen molar-refractivity contribution < 1.29 is 5.11 Å². The van der Waals surface area contributed by atoms with E-state index in [0.29, 0.717) is 35.3 Å². The van der Waals surface area contributed by atoms with Gasteiger partial charge in [-0.05, 0) is 23.6 Å². The number of hydrogen-bond acceptors (Lipinski definition) is 7. The first kappa shape index (κ1) is 18.0. The summed E-state index contributed by atoms with van der Waals surface area (Å²) in [5.74, 6) is 1.61. The lowest BCUT2D eigenvalue weighted by molar-refractivity contribution is 0.311. The van der Waals surface area contributed by atoms with Gasteiger partial charge in [0.2, 0.25) is 5.95 Å². The van der Waals surface area contributed by atoms with Crippen LogP contribution in [-0.2, 0) is 0 Å². The number of para-hydroxylation sites is 1. The van der Waals surface area contributed by atoms with Gasteiger partial charge in [0.1, 0.15) is 12.1 Å². The van der Waals surface area contributed by atoms with Crippen molar-refractivity contribution in [3.05, 3.63) is 73.2 Å². The molecule has 30 heavy (non-hydrogen) atoms. The average Bonchev–Trinajstić information content (AvgIpc) is 3.22. The third-order valence-electron chi connectivity index (χ3n) is 4.74. The highest BCUT2D eigenvalue weighted by Crippen LogP contribution is 2.27. The molecule has 0 saturated heterocycles. The molecule has 8 nitrogen and oxygen atoms in total. The number of nitrogens with one attached hydrogen (secondary N) is 2. The zero-order valence-electron chi connectivity index (χ0n) is 16.0. The van der Waals surface area contributed by atoms with Gasteiger partial charge in [-0.25, -0.2) is 9.97 Å². The number of nitrogens with zero attached hydrogens (tertiary/aromatic N) is 5. The van der Waals surface area contributed by atoms with Crippen molar-refractivity contribution in [1.82, 2.24) is 24.5 Å². The van der Waals surface area contributed by atoms with Crippen LogP contribution >= 0.6 is 0 Å². The van der Waals surface area contributed by atoms with Gasteiger partial charge >= 0.3 is 0 Å². The lowest BCUT2D eigenvalue weighted by Crippen LogP contribution is -2.10. The fourth-order valence-corrected chi connectivity index (χ4v) is 3.36. The first-order valence-electron chi connectivity index (χ1n) is 9.59. The van der Waals surface area contributed by atoms with E-state index in [1.54, 1.807) is 12.5 Å². The summed E-state index contributed by atoms with van der Waals surface area (Å²) in [5, 5.41) is 17.7. The van der Waals surface area contributed by atoms with Gasteiger partial charge in [-0.15, -0.1) is 0 Å². The summed E-state index contributed by atoms with van der Waals surface area (Å²) >= 11 is 0. The fourth-order valence-electron chi connectivity index (χ4n) is 3.36. The van der Waals surface area contributed by atoms with Gasteiger partial charge in [-0.3, -0.25) is 4.57 Å². The zero-order valence-corrected chi connectivity index (χ0v) is 16.0. The van der Waals surface area contributed by atoms with Crippen LogP contribution in [0.1, 0.15) is 0 Å². The minimum absolute atomic E-state index is 0.0153. The Morgan fingerprint density at radius 1 is 0.867 bits per heavy atom.